The summed E-state index contributed by atoms with van der Waals surface area (Å²) in [6.45, 7) is 8.78. The number of nitrogens with one attached hydrogen (secondary N) is 1. The van der Waals surface area contributed by atoms with Gasteiger partial charge in [-0.05, 0) is 53.6 Å². The van der Waals surface area contributed by atoms with Crippen LogP contribution < -0.4 is 5.43 Å². The van der Waals surface area contributed by atoms with E-state index in [4.69, 9.17) is 4.74 Å². The average molecular weight is 414 g/mol. The van der Waals surface area contributed by atoms with Crippen LogP contribution in [0.25, 0.3) is 17.0 Å². The molecule has 0 atom stereocenters. The first kappa shape index (κ1) is 21.8. The normalized spacial score (nSPS) is 11.5. The van der Waals surface area contributed by atoms with Gasteiger partial charge in [0.2, 0.25) is 0 Å². The Morgan fingerprint density at radius 2 is 2.00 bits per heavy atom. The van der Waals surface area contributed by atoms with Gasteiger partial charge in [-0.25, -0.2) is 4.68 Å². The molecule has 0 aliphatic rings. The second kappa shape index (κ2) is 10.8. The summed E-state index contributed by atoms with van der Waals surface area (Å²) in [5.74, 6) is 0. The Morgan fingerprint density at radius 1 is 1.13 bits per heavy atom. The lowest BCUT2D eigenvalue weighted by Crippen LogP contribution is -2.31. The molecule has 0 saturated heterocycles. The summed E-state index contributed by atoms with van der Waals surface area (Å²) in [5, 5.41) is 6.16. The molecule has 0 spiro atoms. The monoisotopic (exact) mass is 413 g/mol. The first-order valence-electron chi connectivity index (χ1n) is 9.85. The van der Waals surface area contributed by atoms with Gasteiger partial charge in [0.05, 0.1) is 29.4 Å². The zero-order valence-corrected chi connectivity index (χ0v) is 17.9. The van der Waals surface area contributed by atoms with Gasteiger partial charge in [-0.15, -0.1) is 0 Å². The predicted octanol–water partition coefficient (Wildman–Crippen LogP) is 4.47. The molecule has 158 valence electrons. The van der Waals surface area contributed by atoms with E-state index in [0.29, 0.717) is 12.3 Å². The van der Waals surface area contributed by atoms with Gasteiger partial charge < -0.3 is 4.74 Å². The van der Waals surface area contributed by atoms with Gasteiger partial charge in [0.15, 0.2) is 0 Å². The van der Waals surface area contributed by atoms with Crippen LogP contribution in [-0.2, 0) is 4.74 Å². The maximum atomic E-state index is 5.23. The van der Waals surface area contributed by atoms with Crippen LogP contribution in [0, 0.1) is 0 Å². The fourth-order valence-electron chi connectivity index (χ4n) is 2.90. The van der Waals surface area contributed by atoms with E-state index in [2.05, 4.69) is 34.7 Å². The SMILES string of the molecule is C=C(/C=C\C(=C/COC)N(C)NC(=C)c1ccccn1)c1cccc(-n2cccn2)c1. The molecular weight excluding hydrogens is 386 g/mol. The molecule has 0 amide bonds. The maximum Gasteiger partial charge on any atom is 0.0872 e. The molecule has 0 unspecified atom stereocenters. The third-order valence-corrected chi connectivity index (χ3v) is 4.56. The first-order chi connectivity index (χ1) is 15.1. The molecule has 0 aliphatic carbocycles. The highest BCUT2D eigenvalue weighted by Gasteiger charge is 2.06. The number of aromatic nitrogens is 3. The lowest BCUT2D eigenvalue weighted by Gasteiger charge is -2.24. The van der Waals surface area contributed by atoms with Crippen LogP contribution in [0.4, 0.5) is 0 Å². The molecule has 3 rings (SSSR count). The zero-order chi connectivity index (χ0) is 22.1. The molecule has 0 bridgehead atoms. The molecule has 2 aromatic heterocycles. The van der Waals surface area contributed by atoms with Crippen molar-refractivity contribution in [1.82, 2.24) is 25.2 Å². The number of pyridine rings is 1. The third-order valence-electron chi connectivity index (χ3n) is 4.56. The number of allylic oxidation sites excluding steroid dienone is 3. The largest absolute Gasteiger partial charge is 0.381 e. The number of rotatable bonds is 10. The summed E-state index contributed by atoms with van der Waals surface area (Å²) in [6.07, 6.45) is 11.4. The number of nitrogens with zero attached hydrogens (tertiary/aromatic N) is 4. The molecule has 2 heterocycles. The topological polar surface area (TPSA) is 55.2 Å². The highest BCUT2D eigenvalue weighted by atomic mass is 16.5. The van der Waals surface area contributed by atoms with Crippen molar-refractivity contribution in [3.8, 4) is 5.69 Å². The van der Waals surface area contributed by atoms with Crippen molar-refractivity contribution in [3.05, 3.63) is 115 Å². The summed E-state index contributed by atoms with van der Waals surface area (Å²) in [7, 11) is 3.58. The van der Waals surface area contributed by atoms with E-state index in [0.717, 1.165) is 28.2 Å². The minimum absolute atomic E-state index is 0.475. The Balaban J connectivity index is 1.73. The van der Waals surface area contributed by atoms with E-state index in [1.165, 1.54) is 0 Å². The standard InChI is InChI=1S/C25H27N5O/c1-20(22-9-7-10-24(19-22)30-17-8-16-27-30)12-13-23(14-18-31-4)29(3)28-21(2)25-11-5-6-15-26-25/h5-17,19,28H,1-2,18H2,3-4H3/b13-12-,23-14+. The second-order valence-corrected chi connectivity index (χ2v) is 6.81. The number of hydrogen-bond acceptors (Lipinski definition) is 5. The second-order valence-electron chi connectivity index (χ2n) is 6.81. The van der Waals surface area contributed by atoms with Crippen molar-refractivity contribution < 1.29 is 4.74 Å². The van der Waals surface area contributed by atoms with Gasteiger partial charge in [-0.1, -0.05) is 37.4 Å². The first-order valence-corrected chi connectivity index (χ1v) is 9.85. The van der Waals surface area contributed by atoms with Gasteiger partial charge in [0.25, 0.3) is 0 Å². The molecule has 6 nitrogen and oxygen atoms in total. The van der Waals surface area contributed by atoms with Crippen LogP contribution in [0.5, 0.6) is 0 Å². The third kappa shape index (κ3) is 6.04. The van der Waals surface area contributed by atoms with Gasteiger partial charge in [0, 0.05) is 32.7 Å². The molecule has 1 N–H and O–H groups in total. The fraction of sp³-hybridized carbons (Fsp3) is 0.120. The van der Waals surface area contributed by atoms with Crippen molar-refractivity contribution in [1.29, 1.82) is 0 Å². The van der Waals surface area contributed by atoms with E-state index in [1.807, 2.05) is 83.6 Å². The van der Waals surface area contributed by atoms with Crippen molar-refractivity contribution in [2.75, 3.05) is 20.8 Å². The van der Waals surface area contributed by atoms with Gasteiger partial charge in [-0.3, -0.25) is 15.4 Å². The lowest BCUT2D eigenvalue weighted by molar-refractivity contribution is 0.230. The van der Waals surface area contributed by atoms with Crippen LogP contribution in [-0.4, -0.2) is 40.5 Å². The van der Waals surface area contributed by atoms with Crippen molar-refractivity contribution >= 4 is 11.3 Å². The molecule has 0 radical (unpaired) electrons. The quantitative estimate of drug-likeness (QED) is 0.392. The molecule has 31 heavy (non-hydrogen) atoms. The lowest BCUT2D eigenvalue weighted by atomic mass is 10.1. The molecule has 3 aromatic rings. The summed E-state index contributed by atoms with van der Waals surface area (Å²) >= 11 is 0. The van der Waals surface area contributed by atoms with Gasteiger partial charge in [-0.2, -0.15) is 5.10 Å². The van der Waals surface area contributed by atoms with Gasteiger partial charge >= 0.3 is 0 Å². The molecule has 0 saturated carbocycles. The van der Waals surface area contributed by atoms with E-state index in [1.54, 1.807) is 19.5 Å². The van der Waals surface area contributed by atoms with Crippen molar-refractivity contribution in [3.63, 3.8) is 0 Å². The predicted molar refractivity (Wildman–Crippen MR) is 126 cm³/mol. The summed E-state index contributed by atoms with van der Waals surface area (Å²) in [5.41, 5.74) is 8.53. The number of ether oxygens (including phenoxy) is 1. The van der Waals surface area contributed by atoms with E-state index in [-0.39, 0.29) is 0 Å². The molecule has 1 aromatic carbocycles. The Morgan fingerprint density at radius 3 is 2.71 bits per heavy atom. The number of likely N-dealkylation sites (N-methyl/N-ethyl adjacent to an activating group) is 1. The van der Waals surface area contributed by atoms with Gasteiger partial charge in [0.1, 0.15) is 0 Å². The van der Waals surface area contributed by atoms with Crippen LogP contribution in [0.1, 0.15) is 11.3 Å². The molecular formula is C25H27N5O. The Bertz CT molecular complexity index is 1070. The Labute approximate surface area is 183 Å². The molecule has 6 heteroatoms. The number of methoxy groups -OCH3 is 1. The van der Waals surface area contributed by atoms with Crippen LogP contribution in [0.15, 0.2) is 104 Å². The van der Waals surface area contributed by atoms with E-state index >= 15 is 0 Å². The van der Waals surface area contributed by atoms with Crippen LogP contribution >= 0.6 is 0 Å². The summed E-state index contributed by atoms with van der Waals surface area (Å²) < 4.78 is 7.05. The van der Waals surface area contributed by atoms with E-state index in [9.17, 15) is 0 Å². The molecule has 0 fully saturated rings. The minimum Gasteiger partial charge on any atom is -0.381 e. The number of hydrazine groups is 1. The van der Waals surface area contributed by atoms with Crippen molar-refractivity contribution in [2.24, 2.45) is 0 Å². The van der Waals surface area contributed by atoms with Crippen LogP contribution in [0.3, 0.4) is 0 Å². The highest BCUT2D eigenvalue weighted by molar-refractivity contribution is 5.73. The van der Waals surface area contributed by atoms with Crippen LogP contribution in [0.2, 0.25) is 0 Å². The van der Waals surface area contributed by atoms with Crippen molar-refractivity contribution in [2.45, 2.75) is 0 Å². The summed E-state index contributed by atoms with van der Waals surface area (Å²) in [6, 6.07) is 15.7. The average Bonchev–Trinajstić information content (AvgIpc) is 3.34. The smallest absolute Gasteiger partial charge is 0.0872 e. The Hall–Kier alpha value is -3.90. The fourth-order valence-corrected chi connectivity index (χ4v) is 2.90. The minimum atomic E-state index is 0.475. The molecule has 0 aliphatic heterocycles. The Kier molecular flexibility index (Phi) is 7.56. The van der Waals surface area contributed by atoms with E-state index < -0.39 is 0 Å². The number of benzene rings is 1. The maximum absolute atomic E-state index is 5.23. The number of hydrogen-bond donors (Lipinski definition) is 1. The zero-order valence-electron chi connectivity index (χ0n) is 17.9. The summed E-state index contributed by atoms with van der Waals surface area (Å²) in [4.78, 5) is 4.32. The highest BCUT2D eigenvalue weighted by Crippen LogP contribution is 2.19.